The van der Waals surface area contributed by atoms with Crippen LogP contribution < -0.4 is 10.5 Å². The quantitative estimate of drug-likeness (QED) is 0.251. The number of rotatable bonds is 3. The van der Waals surface area contributed by atoms with Gasteiger partial charge in [-0.05, 0) is 23.8 Å². The molecule has 8 heteroatoms. The number of guanidine groups is 1. The van der Waals surface area contributed by atoms with Crippen molar-refractivity contribution >= 4 is 21.7 Å². The molecule has 2 rings (SSSR count). The largest absolute Gasteiger partial charge is 0.740 e. The van der Waals surface area contributed by atoms with Crippen LogP contribution in [0.3, 0.4) is 0 Å². The highest BCUT2D eigenvalue weighted by Gasteiger charge is 2.12. The highest BCUT2D eigenvalue weighted by Crippen LogP contribution is 2.09. The maximum atomic E-state index is 12.1. The lowest BCUT2D eigenvalue weighted by Crippen LogP contribution is -2.34. The van der Waals surface area contributed by atoms with Gasteiger partial charge in [0.15, 0.2) is 0 Å². The van der Waals surface area contributed by atoms with Gasteiger partial charge >= 0.3 is 5.96 Å². The van der Waals surface area contributed by atoms with Gasteiger partial charge in [0, 0.05) is 5.57 Å². The van der Waals surface area contributed by atoms with Gasteiger partial charge in [-0.3, -0.25) is 5.32 Å². The van der Waals surface area contributed by atoms with Crippen molar-refractivity contribution in [2.24, 2.45) is 5.14 Å². The number of nitrogens with zero attached hydrogens (tertiary/aromatic N) is 1. The molecule has 1 aliphatic carbocycles. The third kappa shape index (κ3) is 4.15. The number of primary sulfonamides is 1. The molecular weight excluding hydrogens is 316 g/mol. The molecular formula is C15H16N4O3S. The van der Waals surface area contributed by atoms with Gasteiger partial charge in [0.25, 0.3) is 0 Å². The fourth-order valence-electron chi connectivity index (χ4n) is 1.88. The Kier molecular flexibility index (Phi) is 4.77. The van der Waals surface area contributed by atoms with E-state index < -0.39 is 10.0 Å². The Morgan fingerprint density at radius 1 is 1.26 bits per heavy atom. The number of nitrogens with one attached hydrogen (secondary N) is 2. The Morgan fingerprint density at radius 3 is 2.43 bits per heavy atom. The number of hydrogen-bond donors (Lipinski definition) is 3. The Bertz CT molecular complexity index is 834. The zero-order valence-corrected chi connectivity index (χ0v) is 13.0. The molecule has 0 atom stereocenters. The standard InChI is InChI=1S/C15H16N4O3S/c1-11-4-2-3-5-14(11)19(20)15(16)18-10-12-6-8-13(9-7-12)23(17,21)22/h2-9H,1,10H2,(H2,16,18)(H2,17,21,22)/b19-14+. The third-order valence-electron chi connectivity index (χ3n) is 3.13. The Morgan fingerprint density at radius 2 is 1.87 bits per heavy atom. The Hall–Kier alpha value is -2.71. The van der Waals surface area contributed by atoms with Gasteiger partial charge in [-0.1, -0.05) is 36.9 Å². The molecule has 0 saturated carbocycles. The molecule has 0 amide bonds. The number of benzene rings is 1. The average Bonchev–Trinajstić information content (AvgIpc) is 2.52. The van der Waals surface area contributed by atoms with Crippen LogP contribution in [0.1, 0.15) is 5.56 Å². The molecule has 23 heavy (non-hydrogen) atoms. The maximum Gasteiger partial charge on any atom is 0.385 e. The molecule has 120 valence electrons. The van der Waals surface area contributed by atoms with Gasteiger partial charge in [-0.15, -0.1) is 5.41 Å². The molecule has 4 N–H and O–H groups in total. The number of hydrogen-bond acceptors (Lipinski definition) is 4. The molecule has 0 fully saturated rings. The van der Waals surface area contributed by atoms with E-state index in [2.05, 4.69) is 11.9 Å². The lowest BCUT2D eigenvalue weighted by atomic mass is 10.1. The van der Waals surface area contributed by atoms with Gasteiger partial charge in [0.1, 0.15) is 5.71 Å². The third-order valence-corrected chi connectivity index (χ3v) is 4.05. The summed E-state index contributed by atoms with van der Waals surface area (Å²) in [5.41, 5.74) is 1.51. The number of hydroxylamine groups is 1. The van der Waals surface area contributed by atoms with Crippen LogP contribution in [0, 0.1) is 10.6 Å². The highest BCUT2D eigenvalue weighted by atomic mass is 32.2. The van der Waals surface area contributed by atoms with Crippen LogP contribution in [0.15, 0.2) is 65.6 Å². The predicted octanol–water partition coefficient (Wildman–Crippen LogP) is 0.992. The van der Waals surface area contributed by atoms with Gasteiger partial charge in [0.05, 0.1) is 11.4 Å². The van der Waals surface area contributed by atoms with E-state index in [1.165, 1.54) is 12.1 Å². The smallest absolute Gasteiger partial charge is 0.385 e. The van der Waals surface area contributed by atoms with Crippen molar-refractivity contribution in [3.05, 3.63) is 71.5 Å². The minimum atomic E-state index is -3.73. The van der Waals surface area contributed by atoms with Gasteiger partial charge < -0.3 is 5.21 Å². The normalized spacial score (nSPS) is 16.3. The second kappa shape index (κ2) is 6.59. The van der Waals surface area contributed by atoms with Crippen molar-refractivity contribution in [1.29, 1.82) is 5.41 Å². The summed E-state index contributed by atoms with van der Waals surface area (Å²) < 4.78 is 22.8. The van der Waals surface area contributed by atoms with E-state index in [4.69, 9.17) is 10.5 Å². The first-order valence-corrected chi connectivity index (χ1v) is 8.16. The first-order chi connectivity index (χ1) is 10.8. The maximum absolute atomic E-state index is 12.1. The van der Waals surface area contributed by atoms with Crippen molar-refractivity contribution in [3.8, 4) is 0 Å². The van der Waals surface area contributed by atoms with E-state index in [1.807, 2.05) is 0 Å². The number of sulfonamides is 1. The first-order valence-electron chi connectivity index (χ1n) is 6.61. The molecule has 1 aromatic rings. The zero-order chi connectivity index (χ0) is 17.0. The van der Waals surface area contributed by atoms with Crippen molar-refractivity contribution < 1.29 is 13.2 Å². The molecule has 1 aliphatic rings. The van der Waals surface area contributed by atoms with E-state index in [0.717, 1.165) is 0 Å². The van der Waals surface area contributed by atoms with Crippen molar-refractivity contribution in [2.75, 3.05) is 0 Å². The number of allylic oxidation sites excluding steroid dienone is 5. The van der Waals surface area contributed by atoms with Crippen molar-refractivity contribution in [2.45, 2.75) is 11.4 Å². The van der Waals surface area contributed by atoms with E-state index in [-0.39, 0.29) is 23.1 Å². The second-order valence-electron chi connectivity index (χ2n) is 4.81. The fourth-order valence-corrected chi connectivity index (χ4v) is 2.40. The number of nitrogens with two attached hydrogens (primary N) is 1. The first kappa shape index (κ1) is 16.7. The summed E-state index contributed by atoms with van der Waals surface area (Å²) >= 11 is 0. The van der Waals surface area contributed by atoms with Gasteiger partial charge in [-0.25, -0.2) is 18.3 Å². The summed E-state index contributed by atoms with van der Waals surface area (Å²) in [6.45, 7) is 3.94. The van der Waals surface area contributed by atoms with Crippen LogP contribution in [-0.4, -0.2) is 24.8 Å². The van der Waals surface area contributed by atoms with Crippen LogP contribution in [0.25, 0.3) is 0 Å². The zero-order valence-electron chi connectivity index (χ0n) is 12.2. The molecule has 0 aliphatic heterocycles. The monoisotopic (exact) mass is 332 g/mol. The summed E-state index contributed by atoms with van der Waals surface area (Å²) in [5.74, 6) is -0.336. The van der Waals surface area contributed by atoms with Gasteiger partial charge in [-0.2, -0.15) is 0 Å². The molecule has 0 heterocycles. The summed E-state index contributed by atoms with van der Waals surface area (Å²) in [5, 5.41) is 27.5. The van der Waals surface area contributed by atoms with Gasteiger partial charge in [0.2, 0.25) is 10.0 Å². The molecule has 1 aromatic carbocycles. The van der Waals surface area contributed by atoms with E-state index >= 15 is 0 Å². The topological polar surface area (TPSA) is 122 Å². The van der Waals surface area contributed by atoms with Crippen LogP contribution in [0.2, 0.25) is 0 Å². The van der Waals surface area contributed by atoms with E-state index in [1.54, 1.807) is 36.4 Å². The fraction of sp³-hybridized carbons (Fsp3) is 0.0667. The van der Waals surface area contributed by atoms with Crippen LogP contribution in [0.4, 0.5) is 0 Å². The SMILES string of the molecule is C=C1C=CC=C/C1=[N+](\[O-])C(=N)NCc1ccc(S(N)(=O)=O)cc1. The predicted molar refractivity (Wildman–Crippen MR) is 88.4 cm³/mol. The molecule has 0 bridgehead atoms. The summed E-state index contributed by atoms with van der Waals surface area (Å²) in [4.78, 5) is 0.00719. The Balaban J connectivity index is 2.05. The summed E-state index contributed by atoms with van der Waals surface area (Å²) in [7, 11) is -3.73. The average molecular weight is 332 g/mol. The summed E-state index contributed by atoms with van der Waals surface area (Å²) in [6.07, 6.45) is 6.70. The summed E-state index contributed by atoms with van der Waals surface area (Å²) in [6, 6.07) is 5.86. The van der Waals surface area contributed by atoms with Crippen LogP contribution in [-0.2, 0) is 16.6 Å². The molecule has 0 spiro atoms. The minimum absolute atomic E-state index is 0.00719. The van der Waals surface area contributed by atoms with E-state index in [0.29, 0.717) is 15.9 Å². The van der Waals surface area contributed by atoms with Crippen molar-refractivity contribution in [1.82, 2.24) is 5.32 Å². The minimum Gasteiger partial charge on any atom is -0.740 e. The van der Waals surface area contributed by atoms with Crippen LogP contribution in [0.5, 0.6) is 0 Å². The molecule has 0 unspecified atom stereocenters. The Labute approximate surface area is 134 Å². The van der Waals surface area contributed by atoms with Crippen molar-refractivity contribution in [3.63, 3.8) is 0 Å². The molecule has 7 nitrogen and oxygen atoms in total. The molecule has 0 aromatic heterocycles. The van der Waals surface area contributed by atoms with E-state index in [9.17, 15) is 13.6 Å². The second-order valence-corrected chi connectivity index (χ2v) is 6.38. The van der Waals surface area contributed by atoms with Crippen LogP contribution >= 0.6 is 0 Å². The molecule has 0 saturated heterocycles. The lowest BCUT2D eigenvalue weighted by Gasteiger charge is -2.16. The lowest BCUT2D eigenvalue weighted by molar-refractivity contribution is -0.330. The molecule has 0 radical (unpaired) electrons. The highest BCUT2D eigenvalue weighted by molar-refractivity contribution is 7.89.